The van der Waals surface area contributed by atoms with Gasteiger partial charge in [0.25, 0.3) is 5.91 Å². The maximum absolute atomic E-state index is 13.7. The molecule has 6 nitrogen and oxygen atoms in total. The van der Waals surface area contributed by atoms with E-state index in [1.807, 2.05) is 0 Å². The van der Waals surface area contributed by atoms with Gasteiger partial charge in [0.05, 0.1) is 16.8 Å². The van der Waals surface area contributed by atoms with E-state index in [-0.39, 0.29) is 16.8 Å². The van der Waals surface area contributed by atoms with Crippen LogP contribution in [0.4, 0.5) is 13.2 Å². The summed E-state index contributed by atoms with van der Waals surface area (Å²) in [4.78, 5) is 18.0. The van der Waals surface area contributed by atoms with Gasteiger partial charge in [-0.25, -0.2) is 9.67 Å². The molecule has 26 heavy (non-hydrogen) atoms. The van der Waals surface area contributed by atoms with Gasteiger partial charge in [0.2, 0.25) is 0 Å². The number of pyridine rings is 1. The zero-order valence-electron chi connectivity index (χ0n) is 13.9. The van der Waals surface area contributed by atoms with E-state index in [1.54, 1.807) is 7.05 Å². The van der Waals surface area contributed by atoms with Gasteiger partial charge in [-0.15, -0.1) is 0 Å². The highest BCUT2D eigenvalue weighted by atomic mass is 35.5. The minimum absolute atomic E-state index is 0.00959. The standard InChI is InChI=1S/C16H17ClF3N5O/c1-21-7-10-4-6-24(9-10)15(26)11-8-23-25(13(11)16(18,19)20)14-12(17)3-2-5-22-14/h2-3,5,8,10,21H,4,6-7,9H2,1H3/t10-/m0/s1. The first-order valence-electron chi connectivity index (χ1n) is 8.03. The Kier molecular flexibility index (Phi) is 5.19. The smallest absolute Gasteiger partial charge is 0.338 e. The van der Waals surface area contributed by atoms with Gasteiger partial charge < -0.3 is 10.2 Å². The van der Waals surface area contributed by atoms with E-state index in [0.29, 0.717) is 24.3 Å². The average molecular weight is 388 g/mol. The summed E-state index contributed by atoms with van der Waals surface area (Å²) >= 11 is 5.96. The largest absolute Gasteiger partial charge is 0.434 e. The number of hydrogen-bond acceptors (Lipinski definition) is 4. The summed E-state index contributed by atoms with van der Waals surface area (Å²) in [7, 11) is 1.80. The van der Waals surface area contributed by atoms with Crippen LogP contribution in [0.2, 0.25) is 5.02 Å². The molecule has 0 bridgehead atoms. The van der Waals surface area contributed by atoms with E-state index in [2.05, 4.69) is 15.4 Å². The lowest BCUT2D eigenvalue weighted by molar-refractivity contribution is -0.143. The fraction of sp³-hybridized carbons (Fsp3) is 0.438. The molecule has 0 saturated carbocycles. The van der Waals surface area contributed by atoms with Crippen LogP contribution in [-0.2, 0) is 6.18 Å². The zero-order valence-corrected chi connectivity index (χ0v) is 14.7. The molecule has 3 rings (SSSR count). The van der Waals surface area contributed by atoms with Gasteiger partial charge in [-0.3, -0.25) is 4.79 Å². The van der Waals surface area contributed by atoms with Crippen LogP contribution in [0.5, 0.6) is 0 Å². The van der Waals surface area contributed by atoms with Crippen molar-refractivity contribution in [2.45, 2.75) is 12.6 Å². The van der Waals surface area contributed by atoms with Crippen LogP contribution in [-0.4, -0.2) is 52.3 Å². The Hall–Kier alpha value is -2.13. The van der Waals surface area contributed by atoms with Crippen molar-refractivity contribution in [2.24, 2.45) is 5.92 Å². The predicted molar refractivity (Wildman–Crippen MR) is 89.3 cm³/mol. The Labute approximate surface area is 153 Å². The lowest BCUT2D eigenvalue weighted by Crippen LogP contribution is -2.32. The first-order chi connectivity index (χ1) is 12.3. The summed E-state index contributed by atoms with van der Waals surface area (Å²) < 4.78 is 41.7. The number of likely N-dealkylation sites (tertiary alicyclic amines) is 1. The van der Waals surface area contributed by atoms with Crippen molar-refractivity contribution in [3.63, 3.8) is 0 Å². The Balaban J connectivity index is 1.99. The number of rotatable bonds is 4. The minimum Gasteiger partial charge on any atom is -0.338 e. The average Bonchev–Trinajstić information content (AvgIpc) is 3.21. The molecule has 1 N–H and O–H groups in total. The summed E-state index contributed by atoms with van der Waals surface area (Å²) in [6, 6.07) is 2.91. The molecule has 2 aromatic heterocycles. The molecule has 2 aromatic rings. The summed E-state index contributed by atoms with van der Waals surface area (Å²) in [6.45, 7) is 1.53. The molecule has 0 radical (unpaired) electrons. The van der Waals surface area contributed by atoms with Crippen molar-refractivity contribution >= 4 is 17.5 Å². The number of nitrogens with one attached hydrogen (secondary N) is 1. The molecule has 3 heterocycles. The predicted octanol–water partition coefficient (Wildman–Crippen LogP) is 2.62. The van der Waals surface area contributed by atoms with E-state index >= 15 is 0 Å². The molecule has 1 saturated heterocycles. The molecule has 0 aromatic carbocycles. The maximum Gasteiger partial charge on any atom is 0.434 e. The lowest BCUT2D eigenvalue weighted by Gasteiger charge is -2.18. The molecular weight excluding hydrogens is 371 g/mol. The summed E-state index contributed by atoms with van der Waals surface area (Å²) in [5, 5.41) is 6.78. The monoisotopic (exact) mass is 387 g/mol. The number of amides is 1. The van der Waals surface area contributed by atoms with Gasteiger partial charge in [0.15, 0.2) is 11.5 Å². The van der Waals surface area contributed by atoms with Crippen molar-refractivity contribution in [1.82, 2.24) is 25.0 Å². The topological polar surface area (TPSA) is 63.1 Å². The number of aromatic nitrogens is 3. The third-order valence-electron chi connectivity index (χ3n) is 4.27. The highest BCUT2D eigenvalue weighted by Crippen LogP contribution is 2.35. The molecular formula is C16H17ClF3N5O. The van der Waals surface area contributed by atoms with Gasteiger partial charge in [0.1, 0.15) is 0 Å². The Morgan fingerprint density at radius 1 is 1.46 bits per heavy atom. The van der Waals surface area contributed by atoms with Gasteiger partial charge in [-0.2, -0.15) is 18.3 Å². The van der Waals surface area contributed by atoms with Crippen LogP contribution in [0.1, 0.15) is 22.5 Å². The summed E-state index contributed by atoms with van der Waals surface area (Å²) in [5.41, 5.74) is -1.66. The Morgan fingerprint density at radius 2 is 2.23 bits per heavy atom. The van der Waals surface area contributed by atoms with E-state index in [9.17, 15) is 18.0 Å². The Bertz CT molecular complexity index is 807. The fourth-order valence-electron chi connectivity index (χ4n) is 3.11. The number of halogens is 4. The van der Waals surface area contributed by atoms with Crippen LogP contribution < -0.4 is 5.32 Å². The van der Waals surface area contributed by atoms with E-state index in [4.69, 9.17) is 11.6 Å². The molecule has 0 unspecified atom stereocenters. The summed E-state index contributed by atoms with van der Waals surface area (Å²) in [6.07, 6.45) is -1.80. The fourth-order valence-corrected chi connectivity index (χ4v) is 3.32. The van der Waals surface area contributed by atoms with Crippen molar-refractivity contribution in [3.05, 3.63) is 40.8 Å². The van der Waals surface area contributed by atoms with Crippen LogP contribution in [0.25, 0.3) is 5.82 Å². The number of carbonyl (C=O) groups excluding carboxylic acids is 1. The van der Waals surface area contributed by atoms with Crippen molar-refractivity contribution < 1.29 is 18.0 Å². The highest BCUT2D eigenvalue weighted by molar-refractivity contribution is 6.32. The number of carbonyl (C=O) groups is 1. The number of alkyl halides is 3. The second kappa shape index (κ2) is 7.24. The van der Waals surface area contributed by atoms with Crippen LogP contribution >= 0.6 is 11.6 Å². The molecule has 0 spiro atoms. The normalized spacial score (nSPS) is 17.7. The van der Waals surface area contributed by atoms with Crippen molar-refractivity contribution in [2.75, 3.05) is 26.7 Å². The van der Waals surface area contributed by atoms with Crippen molar-refractivity contribution in [3.8, 4) is 5.82 Å². The zero-order chi connectivity index (χ0) is 18.9. The molecule has 1 amide bonds. The second-order valence-electron chi connectivity index (χ2n) is 6.09. The molecule has 1 aliphatic rings. The molecule has 1 fully saturated rings. The first kappa shape index (κ1) is 18.7. The van der Waals surface area contributed by atoms with Gasteiger partial charge in [0, 0.05) is 19.3 Å². The van der Waals surface area contributed by atoms with Gasteiger partial charge in [-0.1, -0.05) is 11.6 Å². The quantitative estimate of drug-likeness (QED) is 0.876. The van der Waals surface area contributed by atoms with E-state index in [1.165, 1.54) is 23.2 Å². The number of hydrogen-bond donors (Lipinski definition) is 1. The SMILES string of the molecule is CNC[C@@H]1CCN(C(=O)c2cnn(-c3ncccc3Cl)c2C(F)(F)F)C1. The third-order valence-corrected chi connectivity index (χ3v) is 4.57. The Morgan fingerprint density at radius 3 is 2.88 bits per heavy atom. The van der Waals surface area contributed by atoms with Crippen LogP contribution in [0.15, 0.2) is 24.5 Å². The molecule has 1 aliphatic heterocycles. The molecule has 1 atom stereocenters. The van der Waals surface area contributed by atoms with Crippen LogP contribution in [0, 0.1) is 5.92 Å². The molecule has 140 valence electrons. The maximum atomic E-state index is 13.7. The first-order valence-corrected chi connectivity index (χ1v) is 8.40. The van der Waals surface area contributed by atoms with Crippen LogP contribution in [0.3, 0.4) is 0 Å². The highest BCUT2D eigenvalue weighted by Gasteiger charge is 2.42. The van der Waals surface area contributed by atoms with Gasteiger partial charge >= 0.3 is 6.18 Å². The van der Waals surface area contributed by atoms with Crippen molar-refractivity contribution in [1.29, 1.82) is 0 Å². The number of nitrogens with zero attached hydrogens (tertiary/aromatic N) is 4. The molecule has 10 heteroatoms. The van der Waals surface area contributed by atoms with Gasteiger partial charge in [-0.05, 0) is 38.1 Å². The molecule has 0 aliphatic carbocycles. The third kappa shape index (κ3) is 3.54. The second-order valence-corrected chi connectivity index (χ2v) is 6.50. The summed E-state index contributed by atoms with van der Waals surface area (Å²) in [5.74, 6) is -0.636. The van der Waals surface area contributed by atoms with E-state index in [0.717, 1.165) is 12.6 Å². The lowest BCUT2D eigenvalue weighted by atomic mass is 10.1. The minimum atomic E-state index is -4.79. The van der Waals surface area contributed by atoms with E-state index < -0.39 is 23.3 Å².